The number of benzene rings is 2. The first-order chi connectivity index (χ1) is 12.7. The van der Waals surface area contributed by atoms with Gasteiger partial charge in [0.2, 0.25) is 0 Å². The molecule has 150 valence electrons. The molecule has 2 aromatic rings. The van der Waals surface area contributed by atoms with E-state index in [1.165, 1.54) is 5.69 Å². The Balaban J connectivity index is 0.000000488. The SMILES string of the molecule is CCN(CCO)c1ccc(N=O)cc1.CCN(CCO)c1ccccc1.O. The highest BCUT2D eigenvalue weighted by Crippen LogP contribution is 2.19. The largest absolute Gasteiger partial charge is 0.412 e. The van der Waals surface area contributed by atoms with Crippen molar-refractivity contribution in [2.75, 3.05) is 49.2 Å². The number of para-hydroxylation sites is 1. The first-order valence-electron chi connectivity index (χ1n) is 8.90. The Kier molecular flexibility index (Phi) is 13.3. The number of anilines is 2. The van der Waals surface area contributed by atoms with Crippen LogP contribution >= 0.6 is 0 Å². The Morgan fingerprint density at radius 1 is 0.778 bits per heavy atom. The van der Waals surface area contributed by atoms with Crippen LogP contribution in [0.1, 0.15) is 13.8 Å². The van der Waals surface area contributed by atoms with Gasteiger partial charge in [0, 0.05) is 37.6 Å². The quantitative estimate of drug-likeness (QED) is 0.653. The van der Waals surface area contributed by atoms with E-state index in [2.05, 4.69) is 29.1 Å². The zero-order valence-electron chi connectivity index (χ0n) is 16.1. The molecule has 7 nitrogen and oxygen atoms in total. The summed E-state index contributed by atoms with van der Waals surface area (Å²) in [6, 6.07) is 17.1. The predicted molar refractivity (Wildman–Crippen MR) is 112 cm³/mol. The van der Waals surface area contributed by atoms with E-state index in [9.17, 15) is 4.91 Å². The highest BCUT2D eigenvalue weighted by Gasteiger charge is 2.03. The van der Waals surface area contributed by atoms with Crippen LogP contribution in [0.2, 0.25) is 0 Å². The van der Waals surface area contributed by atoms with E-state index in [1.54, 1.807) is 12.1 Å². The van der Waals surface area contributed by atoms with Crippen molar-refractivity contribution < 1.29 is 15.7 Å². The van der Waals surface area contributed by atoms with Crippen LogP contribution in [0.3, 0.4) is 0 Å². The van der Waals surface area contributed by atoms with Gasteiger partial charge in [0.25, 0.3) is 0 Å². The molecule has 0 saturated carbocycles. The summed E-state index contributed by atoms with van der Waals surface area (Å²) in [6.07, 6.45) is 0. The Morgan fingerprint density at radius 3 is 1.59 bits per heavy atom. The summed E-state index contributed by atoms with van der Waals surface area (Å²) < 4.78 is 0. The number of hydrogen-bond acceptors (Lipinski definition) is 6. The minimum Gasteiger partial charge on any atom is -0.412 e. The van der Waals surface area contributed by atoms with E-state index in [0.29, 0.717) is 18.8 Å². The topological polar surface area (TPSA) is 108 Å². The summed E-state index contributed by atoms with van der Waals surface area (Å²) in [4.78, 5) is 14.3. The Labute approximate surface area is 161 Å². The third kappa shape index (κ3) is 8.63. The fraction of sp³-hybridized carbons (Fsp3) is 0.400. The van der Waals surface area contributed by atoms with Gasteiger partial charge >= 0.3 is 0 Å². The Bertz CT molecular complexity index is 608. The van der Waals surface area contributed by atoms with Gasteiger partial charge in [0.05, 0.1) is 13.2 Å². The lowest BCUT2D eigenvalue weighted by Gasteiger charge is -2.21. The maximum Gasteiger partial charge on any atom is 0.108 e. The maximum atomic E-state index is 10.2. The molecule has 0 radical (unpaired) electrons. The van der Waals surface area contributed by atoms with E-state index < -0.39 is 0 Å². The summed E-state index contributed by atoms with van der Waals surface area (Å²) in [5.74, 6) is 0. The zero-order valence-corrected chi connectivity index (χ0v) is 16.1. The number of hydrogen-bond donors (Lipinski definition) is 2. The van der Waals surface area contributed by atoms with Gasteiger partial charge in [-0.2, -0.15) is 0 Å². The molecule has 0 aliphatic carbocycles. The first-order valence-corrected chi connectivity index (χ1v) is 8.90. The third-order valence-corrected chi connectivity index (χ3v) is 3.94. The van der Waals surface area contributed by atoms with Crippen LogP contribution in [0.25, 0.3) is 0 Å². The Hall–Kier alpha value is -2.48. The molecular formula is C20H31N3O4. The van der Waals surface area contributed by atoms with Crippen molar-refractivity contribution in [2.24, 2.45) is 5.18 Å². The smallest absolute Gasteiger partial charge is 0.108 e. The van der Waals surface area contributed by atoms with Crippen molar-refractivity contribution in [2.45, 2.75) is 13.8 Å². The number of rotatable bonds is 9. The lowest BCUT2D eigenvalue weighted by Crippen LogP contribution is -2.25. The van der Waals surface area contributed by atoms with Gasteiger partial charge in [-0.15, -0.1) is 4.91 Å². The lowest BCUT2D eigenvalue weighted by molar-refractivity contribution is 0.302. The monoisotopic (exact) mass is 377 g/mol. The molecule has 0 aromatic heterocycles. The summed E-state index contributed by atoms with van der Waals surface area (Å²) in [6.45, 7) is 7.51. The van der Waals surface area contributed by atoms with Crippen LogP contribution in [-0.2, 0) is 0 Å². The van der Waals surface area contributed by atoms with Crippen LogP contribution < -0.4 is 9.80 Å². The predicted octanol–water partition coefficient (Wildman–Crippen LogP) is 2.58. The minimum absolute atomic E-state index is 0. The van der Waals surface area contributed by atoms with Crippen molar-refractivity contribution in [3.63, 3.8) is 0 Å². The van der Waals surface area contributed by atoms with Gasteiger partial charge in [-0.3, -0.25) is 0 Å². The van der Waals surface area contributed by atoms with Gasteiger partial charge in [-0.05, 0) is 55.4 Å². The van der Waals surface area contributed by atoms with E-state index in [1.807, 2.05) is 42.2 Å². The van der Waals surface area contributed by atoms with Gasteiger partial charge in [0.1, 0.15) is 5.69 Å². The number of aliphatic hydroxyl groups excluding tert-OH is 2. The average Bonchev–Trinajstić information content (AvgIpc) is 2.71. The lowest BCUT2D eigenvalue weighted by atomic mass is 10.2. The molecule has 0 amide bonds. The third-order valence-electron chi connectivity index (χ3n) is 3.94. The summed E-state index contributed by atoms with van der Waals surface area (Å²) in [7, 11) is 0. The molecule has 0 atom stereocenters. The molecule has 2 rings (SSSR count). The second kappa shape index (κ2) is 14.7. The molecule has 0 aliphatic heterocycles. The highest BCUT2D eigenvalue weighted by molar-refractivity contribution is 5.52. The van der Waals surface area contributed by atoms with Crippen molar-refractivity contribution >= 4 is 17.1 Å². The molecule has 0 unspecified atom stereocenters. The molecule has 0 bridgehead atoms. The van der Waals surface area contributed by atoms with Crippen LogP contribution in [0.5, 0.6) is 0 Å². The van der Waals surface area contributed by atoms with E-state index in [0.717, 1.165) is 18.8 Å². The molecule has 27 heavy (non-hydrogen) atoms. The number of nitrogens with zero attached hydrogens (tertiary/aromatic N) is 3. The average molecular weight is 377 g/mol. The van der Waals surface area contributed by atoms with Gasteiger partial charge in [-0.1, -0.05) is 18.2 Å². The molecule has 0 heterocycles. The molecule has 2 aromatic carbocycles. The van der Waals surface area contributed by atoms with Gasteiger partial charge in [0.15, 0.2) is 0 Å². The normalized spacial score (nSPS) is 9.48. The van der Waals surface area contributed by atoms with Crippen LogP contribution in [0, 0.1) is 4.91 Å². The second-order valence-electron chi connectivity index (χ2n) is 5.55. The maximum absolute atomic E-state index is 10.2. The first kappa shape index (κ1) is 24.5. The van der Waals surface area contributed by atoms with Gasteiger partial charge in [-0.25, -0.2) is 0 Å². The molecule has 0 aliphatic rings. The molecule has 0 saturated heterocycles. The van der Waals surface area contributed by atoms with Crippen LogP contribution in [0.4, 0.5) is 17.1 Å². The standard InChI is InChI=1S/C10H14N2O2.C10H15NO.H2O/c1-2-12(7-8-13)10-5-3-9(11-14)4-6-10;1-2-11(8-9-12)10-6-4-3-5-7-10;/h3-6,13H,2,7-8H2,1H3;3-7,12H,2,8-9H2,1H3;1H2. The second-order valence-corrected chi connectivity index (χ2v) is 5.55. The van der Waals surface area contributed by atoms with E-state index >= 15 is 0 Å². The van der Waals surface area contributed by atoms with Crippen LogP contribution in [0.15, 0.2) is 59.8 Å². The number of aliphatic hydroxyl groups is 2. The van der Waals surface area contributed by atoms with E-state index in [-0.39, 0.29) is 18.7 Å². The summed E-state index contributed by atoms with van der Waals surface area (Å²) in [5, 5.41) is 20.4. The molecular weight excluding hydrogens is 346 g/mol. The van der Waals surface area contributed by atoms with Crippen molar-refractivity contribution in [3.8, 4) is 0 Å². The van der Waals surface area contributed by atoms with E-state index in [4.69, 9.17) is 10.2 Å². The fourth-order valence-corrected chi connectivity index (χ4v) is 2.54. The number of likely N-dealkylation sites (N-methyl/N-ethyl adjacent to an activating group) is 2. The molecule has 7 heteroatoms. The number of nitroso groups, excluding NO2 is 1. The minimum atomic E-state index is 0. The van der Waals surface area contributed by atoms with Crippen molar-refractivity contribution in [1.29, 1.82) is 0 Å². The highest BCUT2D eigenvalue weighted by atomic mass is 16.3. The molecule has 4 N–H and O–H groups in total. The van der Waals surface area contributed by atoms with Gasteiger partial charge < -0.3 is 25.5 Å². The zero-order chi connectivity index (χ0) is 19.2. The summed E-state index contributed by atoms with van der Waals surface area (Å²) in [5.41, 5.74) is 2.59. The Morgan fingerprint density at radius 2 is 1.22 bits per heavy atom. The molecule has 0 fully saturated rings. The summed E-state index contributed by atoms with van der Waals surface area (Å²) >= 11 is 0. The van der Waals surface area contributed by atoms with Crippen molar-refractivity contribution in [1.82, 2.24) is 0 Å². The van der Waals surface area contributed by atoms with Crippen LogP contribution in [-0.4, -0.2) is 55.1 Å². The van der Waals surface area contributed by atoms with Crippen molar-refractivity contribution in [3.05, 3.63) is 59.5 Å². The fourth-order valence-electron chi connectivity index (χ4n) is 2.54. The molecule has 0 spiro atoms.